The van der Waals surface area contributed by atoms with Gasteiger partial charge in [-0.2, -0.15) is 0 Å². The average molecular weight is 292 g/mol. The fourth-order valence-corrected chi connectivity index (χ4v) is 2.90. The molecule has 3 rings (SSSR count). The summed E-state index contributed by atoms with van der Waals surface area (Å²) in [5, 5.41) is 3.58. The van der Waals surface area contributed by atoms with E-state index in [4.69, 9.17) is 9.15 Å². The molecule has 0 spiro atoms. The zero-order chi connectivity index (χ0) is 14.7. The number of hydrogen-bond acceptors (Lipinski definition) is 4. The molecule has 0 saturated heterocycles. The minimum absolute atomic E-state index is 0.620. The lowest BCUT2D eigenvalue weighted by Crippen LogP contribution is -2.36. The van der Waals surface area contributed by atoms with E-state index in [-0.39, 0.29) is 0 Å². The number of furan rings is 1. The molecule has 1 heterocycles. The molecule has 2 aliphatic rings. The summed E-state index contributed by atoms with van der Waals surface area (Å²) < 4.78 is 11.0. The Morgan fingerprint density at radius 3 is 2.86 bits per heavy atom. The molecule has 2 fully saturated rings. The van der Waals surface area contributed by atoms with Crippen LogP contribution in [-0.4, -0.2) is 37.2 Å². The maximum absolute atomic E-state index is 5.76. The van der Waals surface area contributed by atoms with Crippen LogP contribution in [0.5, 0.6) is 0 Å². The number of hydrogen-bond donors (Lipinski definition) is 1. The van der Waals surface area contributed by atoms with Crippen molar-refractivity contribution in [2.24, 2.45) is 5.92 Å². The second-order valence-corrected chi connectivity index (χ2v) is 6.57. The van der Waals surface area contributed by atoms with Crippen LogP contribution in [0, 0.1) is 5.92 Å². The maximum atomic E-state index is 5.76. The summed E-state index contributed by atoms with van der Waals surface area (Å²) in [7, 11) is 1.78. The average Bonchev–Trinajstić information content (AvgIpc) is 3.40. The number of ether oxygens (including phenoxy) is 1. The van der Waals surface area contributed by atoms with Crippen molar-refractivity contribution >= 4 is 0 Å². The summed E-state index contributed by atoms with van der Waals surface area (Å²) in [6.45, 7) is 5.94. The Bertz CT molecular complexity index is 438. The van der Waals surface area contributed by atoms with Gasteiger partial charge in [-0.3, -0.25) is 4.90 Å². The van der Waals surface area contributed by atoms with E-state index < -0.39 is 0 Å². The zero-order valence-electron chi connectivity index (χ0n) is 13.3. The van der Waals surface area contributed by atoms with Crippen molar-refractivity contribution in [2.45, 2.75) is 57.8 Å². The van der Waals surface area contributed by atoms with Gasteiger partial charge in [0.1, 0.15) is 5.76 Å². The van der Waals surface area contributed by atoms with Crippen LogP contribution < -0.4 is 5.32 Å². The van der Waals surface area contributed by atoms with E-state index in [1.165, 1.54) is 31.2 Å². The van der Waals surface area contributed by atoms with Crippen molar-refractivity contribution in [1.82, 2.24) is 10.2 Å². The Morgan fingerprint density at radius 1 is 1.38 bits per heavy atom. The summed E-state index contributed by atoms with van der Waals surface area (Å²) in [6.07, 6.45) is 7.23. The molecular weight excluding hydrogens is 264 g/mol. The summed E-state index contributed by atoms with van der Waals surface area (Å²) in [6, 6.07) is 3.47. The van der Waals surface area contributed by atoms with Gasteiger partial charge in [-0.05, 0) is 44.6 Å². The van der Waals surface area contributed by atoms with Gasteiger partial charge in [-0.15, -0.1) is 0 Å². The third-order valence-electron chi connectivity index (χ3n) is 4.81. The van der Waals surface area contributed by atoms with Crippen LogP contribution in [0.2, 0.25) is 0 Å². The molecule has 0 aliphatic heterocycles. The largest absolute Gasteiger partial charge is 0.468 e. The van der Waals surface area contributed by atoms with Gasteiger partial charge >= 0.3 is 0 Å². The summed E-state index contributed by atoms with van der Waals surface area (Å²) >= 11 is 0. The SMILES string of the molecule is COCCN(Cc1occc1CNC1CC1)C(C)C1CC1. The predicted octanol–water partition coefficient (Wildman–Crippen LogP) is 2.78. The maximum Gasteiger partial charge on any atom is 0.122 e. The quantitative estimate of drug-likeness (QED) is 0.719. The third-order valence-corrected chi connectivity index (χ3v) is 4.81. The highest BCUT2D eigenvalue weighted by Crippen LogP contribution is 2.35. The lowest BCUT2D eigenvalue weighted by atomic mass is 10.1. The van der Waals surface area contributed by atoms with Gasteiger partial charge in [0.05, 0.1) is 19.4 Å². The van der Waals surface area contributed by atoms with Crippen molar-refractivity contribution in [2.75, 3.05) is 20.3 Å². The van der Waals surface area contributed by atoms with E-state index >= 15 is 0 Å². The summed E-state index contributed by atoms with van der Waals surface area (Å²) in [4.78, 5) is 2.51. The van der Waals surface area contributed by atoms with Crippen LogP contribution in [0.25, 0.3) is 0 Å². The lowest BCUT2D eigenvalue weighted by Gasteiger charge is -2.28. The first-order valence-electron chi connectivity index (χ1n) is 8.29. The van der Waals surface area contributed by atoms with Crippen LogP contribution in [0.15, 0.2) is 16.7 Å². The first-order chi connectivity index (χ1) is 10.3. The highest BCUT2D eigenvalue weighted by Gasteiger charge is 2.32. The molecule has 118 valence electrons. The van der Waals surface area contributed by atoms with Crippen LogP contribution in [-0.2, 0) is 17.8 Å². The van der Waals surface area contributed by atoms with Crippen LogP contribution in [0.4, 0.5) is 0 Å². The van der Waals surface area contributed by atoms with Gasteiger partial charge in [-0.1, -0.05) is 0 Å². The monoisotopic (exact) mass is 292 g/mol. The van der Waals surface area contributed by atoms with E-state index in [1.807, 2.05) is 6.26 Å². The fraction of sp³-hybridized carbons (Fsp3) is 0.765. The molecule has 21 heavy (non-hydrogen) atoms. The Labute approximate surface area is 127 Å². The van der Waals surface area contributed by atoms with Crippen molar-refractivity contribution < 1.29 is 9.15 Å². The molecule has 2 aliphatic carbocycles. The van der Waals surface area contributed by atoms with Gasteiger partial charge in [0.25, 0.3) is 0 Å². The summed E-state index contributed by atoms with van der Waals surface area (Å²) in [5.74, 6) is 1.98. The second-order valence-electron chi connectivity index (χ2n) is 6.57. The number of nitrogens with zero attached hydrogens (tertiary/aromatic N) is 1. The standard InChI is InChI=1S/C17H28N2O2/c1-13(14-3-4-14)19(8-10-20-2)12-17-15(7-9-21-17)11-18-16-5-6-16/h7,9,13-14,16,18H,3-6,8,10-12H2,1-2H3. The number of methoxy groups -OCH3 is 1. The van der Waals surface area contributed by atoms with Crippen LogP contribution in [0.3, 0.4) is 0 Å². The van der Waals surface area contributed by atoms with Crippen LogP contribution in [0.1, 0.15) is 43.9 Å². The van der Waals surface area contributed by atoms with E-state index in [2.05, 4.69) is 23.2 Å². The molecule has 4 heteroatoms. The normalized spacial score (nSPS) is 20.1. The topological polar surface area (TPSA) is 37.6 Å². The number of nitrogens with one attached hydrogen (secondary N) is 1. The predicted molar refractivity (Wildman–Crippen MR) is 83.0 cm³/mol. The van der Waals surface area contributed by atoms with Crippen molar-refractivity contribution in [3.05, 3.63) is 23.7 Å². The van der Waals surface area contributed by atoms with Gasteiger partial charge < -0.3 is 14.5 Å². The molecule has 0 bridgehead atoms. The van der Waals surface area contributed by atoms with Gasteiger partial charge in [-0.25, -0.2) is 0 Å². The minimum atomic E-state index is 0.620. The molecule has 1 atom stereocenters. The molecule has 0 amide bonds. The molecule has 1 N–H and O–H groups in total. The van der Waals surface area contributed by atoms with Gasteiger partial charge in [0.2, 0.25) is 0 Å². The fourth-order valence-electron chi connectivity index (χ4n) is 2.90. The zero-order valence-corrected chi connectivity index (χ0v) is 13.3. The van der Waals surface area contributed by atoms with Gasteiger partial charge in [0, 0.05) is 37.8 Å². The molecule has 1 unspecified atom stereocenters. The van der Waals surface area contributed by atoms with E-state index in [0.29, 0.717) is 6.04 Å². The van der Waals surface area contributed by atoms with Gasteiger partial charge in [0.15, 0.2) is 0 Å². The van der Waals surface area contributed by atoms with Crippen molar-refractivity contribution in [1.29, 1.82) is 0 Å². The second kappa shape index (κ2) is 6.95. The molecule has 2 saturated carbocycles. The van der Waals surface area contributed by atoms with Crippen LogP contribution >= 0.6 is 0 Å². The summed E-state index contributed by atoms with van der Waals surface area (Å²) in [5.41, 5.74) is 1.31. The van der Waals surface area contributed by atoms with E-state index in [1.54, 1.807) is 7.11 Å². The number of rotatable bonds is 10. The van der Waals surface area contributed by atoms with Crippen molar-refractivity contribution in [3.8, 4) is 0 Å². The molecule has 0 aromatic carbocycles. The molecule has 4 nitrogen and oxygen atoms in total. The Morgan fingerprint density at radius 2 is 2.19 bits per heavy atom. The highest BCUT2D eigenvalue weighted by molar-refractivity contribution is 5.17. The first kappa shape index (κ1) is 15.1. The van der Waals surface area contributed by atoms with E-state index in [9.17, 15) is 0 Å². The molecule has 0 radical (unpaired) electrons. The third kappa shape index (κ3) is 4.31. The van der Waals surface area contributed by atoms with E-state index in [0.717, 1.165) is 44.0 Å². The molecule has 1 aromatic heterocycles. The Kier molecular flexibility index (Phi) is 4.99. The Hall–Kier alpha value is -0.840. The Balaban J connectivity index is 1.59. The molecular formula is C17H28N2O2. The van der Waals surface area contributed by atoms with Crippen molar-refractivity contribution in [3.63, 3.8) is 0 Å². The highest BCUT2D eigenvalue weighted by atomic mass is 16.5. The molecule has 1 aromatic rings. The first-order valence-corrected chi connectivity index (χ1v) is 8.29. The smallest absolute Gasteiger partial charge is 0.122 e. The minimum Gasteiger partial charge on any atom is -0.468 e. The lowest BCUT2D eigenvalue weighted by molar-refractivity contribution is 0.105.